The first-order valence-electron chi connectivity index (χ1n) is 4.99. The zero-order valence-corrected chi connectivity index (χ0v) is 11.4. The molecule has 1 aliphatic rings. The van der Waals surface area contributed by atoms with Crippen LogP contribution in [0.3, 0.4) is 0 Å². The van der Waals surface area contributed by atoms with Gasteiger partial charge < -0.3 is 5.32 Å². The average Bonchev–Trinajstić information content (AvgIpc) is 2.28. The van der Waals surface area contributed by atoms with Gasteiger partial charge in [0, 0.05) is 11.4 Å². The summed E-state index contributed by atoms with van der Waals surface area (Å²) in [6.07, 6.45) is 0. The van der Waals surface area contributed by atoms with Crippen LogP contribution >= 0.6 is 27.7 Å². The Bertz CT molecular complexity index is 411. The molecule has 0 spiro atoms. The fourth-order valence-electron chi connectivity index (χ4n) is 1.58. The first-order chi connectivity index (χ1) is 7.69. The third-order valence-corrected chi connectivity index (χ3v) is 4.26. The molecule has 16 heavy (non-hydrogen) atoms. The zero-order chi connectivity index (χ0) is 11.5. The molecule has 0 aromatic heterocycles. The molecule has 0 fully saturated rings. The van der Waals surface area contributed by atoms with Crippen molar-refractivity contribution < 1.29 is 4.79 Å². The van der Waals surface area contributed by atoms with Crippen molar-refractivity contribution >= 4 is 39.3 Å². The van der Waals surface area contributed by atoms with E-state index < -0.39 is 0 Å². The maximum absolute atomic E-state index is 11.3. The SMILES string of the molecule is CN(CBr)Cc1ccc2c(c1)NC(=O)CS2. The molecule has 0 saturated carbocycles. The topological polar surface area (TPSA) is 32.3 Å². The molecule has 0 atom stereocenters. The number of fused-ring (bicyclic) bond motifs is 1. The van der Waals surface area contributed by atoms with Gasteiger partial charge in [0.1, 0.15) is 0 Å². The highest BCUT2D eigenvalue weighted by Gasteiger charge is 2.15. The van der Waals surface area contributed by atoms with Gasteiger partial charge in [0.05, 0.1) is 16.9 Å². The van der Waals surface area contributed by atoms with Gasteiger partial charge in [0.2, 0.25) is 5.91 Å². The van der Waals surface area contributed by atoms with Gasteiger partial charge in [0.15, 0.2) is 0 Å². The lowest BCUT2D eigenvalue weighted by Crippen LogP contribution is -2.19. The van der Waals surface area contributed by atoms with Crippen molar-refractivity contribution in [2.45, 2.75) is 11.4 Å². The van der Waals surface area contributed by atoms with Crippen molar-refractivity contribution in [3.63, 3.8) is 0 Å². The zero-order valence-electron chi connectivity index (χ0n) is 9.00. The minimum Gasteiger partial charge on any atom is -0.324 e. The number of hydrogen-bond acceptors (Lipinski definition) is 3. The molecular formula is C11H13BrN2OS. The Kier molecular flexibility index (Phi) is 3.89. The number of thioether (sulfide) groups is 1. The smallest absolute Gasteiger partial charge is 0.234 e. The second kappa shape index (κ2) is 5.21. The van der Waals surface area contributed by atoms with E-state index in [1.54, 1.807) is 11.8 Å². The van der Waals surface area contributed by atoms with Crippen LogP contribution in [0.1, 0.15) is 5.56 Å². The van der Waals surface area contributed by atoms with Crippen LogP contribution < -0.4 is 5.32 Å². The number of carbonyl (C=O) groups is 1. The molecule has 3 nitrogen and oxygen atoms in total. The fourth-order valence-corrected chi connectivity index (χ4v) is 2.55. The van der Waals surface area contributed by atoms with Crippen LogP contribution in [0.15, 0.2) is 23.1 Å². The van der Waals surface area contributed by atoms with Crippen LogP contribution in [0.5, 0.6) is 0 Å². The van der Waals surface area contributed by atoms with E-state index in [2.05, 4.69) is 44.3 Å². The van der Waals surface area contributed by atoms with Gasteiger partial charge in [-0.25, -0.2) is 0 Å². The van der Waals surface area contributed by atoms with Crippen LogP contribution in [0.4, 0.5) is 5.69 Å². The van der Waals surface area contributed by atoms with E-state index in [9.17, 15) is 4.79 Å². The summed E-state index contributed by atoms with van der Waals surface area (Å²) in [5.41, 5.74) is 3.00. The van der Waals surface area contributed by atoms with Gasteiger partial charge in [-0.3, -0.25) is 9.69 Å². The third kappa shape index (κ3) is 2.78. The summed E-state index contributed by atoms with van der Waals surface area (Å²) >= 11 is 5.00. The molecule has 86 valence electrons. The van der Waals surface area contributed by atoms with Crippen molar-refractivity contribution in [2.75, 3.05) is 23.6 Å². The predicted molar refractivity (Wildman–Crippen MR) is 71.1 cm³/mol. The Hall–Kier alpha value is -0.520. The number of carbonyl (C=O) groups excluding carboxylic acids is 1. The quantitative estimate of drug-likeness (QED) is 0.688. The van der Waals surface area contributed by atoms with E-state index >= 15 is 0 Å². The lowest BCUT2D eigenvalue weighted by atomic mass is 10.2. The molecule has 1 amide bonds. The van der Waals surface area contributed by atoms with E-state index in [1.165, 1.54) is 5.56 Å². The van der Waals surface area contributed by atoms with Gasteiger partial charge in [-0.05, 0) is 24.7 Å². The lowest BCUT2D eigenvalue weighted by molar-refractivity contribution is -0.113. The highest BCUT2D eigenvalue weighted by atomic mass is 79.9. The number of hydrogen-bond donors (Lipinski definition) is 1. The largest absolute Gasteiger partial charge is 0.324 e. The number of amides is 1. The second-order valence-electron chi connectivity index (χ2n) is 3.80. The summed E-state index contributed by atoms with van der Waals surface area (Å²) in [5.74, 6) is 0.608. The fraction of sp³-hybridized carbons (Fsp3) is 0.364. The number of halogens is 1. The van der Waals surface area contributed by atoms with Crippen LogP contribution in [0.2, 0.25) is 0 Å². The van der Waals surface area contributed by atoms with Crippen molar-refractivity contribution in [1.82, 2.24) is 4.90 Å². The minimum atomic E-state index is 0.0866. The van der Waals surface area contributed by atoms with Crippen molar-refractivity contribution in [3.05, 3.63) is 23.8 Å². The summed E-state index contributed by atoms with van der Waals surface area (Å²) in [5, 5.41) is 2.90. The molecule has 0 aliphatic carbocycles. The maximum Gasteiger partial charge on any atom is 0.234 e. The molecule has 2 rings (SSSR count). The van der Waals surface area contributed by atoms with E-state index in [0.29, 0.717) is 5.75 Å². The Morgan fingerprint density at radius 1 is 1.56 bits per heavy atom. The number of rotatable bonds is 3. The molecule has 1 aromatic rings. The molecular weight excluding hydrogens is 288 g/mol. The molecule has 0 bridgehead atoms. The van der Waals surface area contributed by atoms with E-state index in [4.69, 9.17) is 0 Å². The number of anilines is 1. The van der Waals surface area contributed by atoms with Gasteiger partial charge in [-0.1, -0.05) is 22.0 Å². The Morgan fingerprint density at radius 2 is 2.38 bits per heavy atom. The van der Waals surface area contributed by atoms with Gasteiger partial charge in [0.25, 0.3) is 0 Å². The first-order valence-corrected chi connectivity index (χ1v) is 7.10. The molecule has 5 heteroatoms. The van der Waals surface area contributed by atoms with Crippen LogP contribution in [0, 0.1) is 0 Å². The van der Waals surface area contributed by atoms with Crippen molar-refractivity contribution in [1.29, 1.82) is 0 Å². The van der Waals surface area contributed by atoms with Gasteiger partial charge >= 0.3 is 0 Å². The number of nitrogens with zero attached hydrogens (tertiary/aromatic N) is 1. The minimum absolute atomic E-state index is 0.0866. The number of benzene rings is 1. The molecule has 1 aromatic carbocycles. The Balaban J connectivity index is 2.18. The Labute approximate surface area is 108 Å². The molecule has 0 radical (unpaired) electrons. The van der Waals surface area contributed by atoms with E-state index in [0.717, 1.165) is 22.6 Å². The maximum atomic E-state index is 11.3. The molecule has 1 heterocycles. The van der Waals surface area contributed by atoms with Crippen LogP contribution in [-0.4, -0.2) is 29.1 Å². The molecule has 1 aliphatic heterocycles. The summed E-state index contributed by atoms with van der Waals surface area (Å²) in [6.45, 7) is 0.874. The van der Waals surface area contributed by atoms with Crippen LogP contribution in [-0.2, 0) is 11.3 Å². The van der Waals surface area contributed by atoms with E-state index in [1.807, 2.05) is 7.05 Å². The summed E-state index contributed by atoms with van der Waals surface area (Å²) in [7, 11) is 2.04. The Morgan fingerprint density at radius 3 is 3.12 bits per heavy atom. The van der Waals surface area contributed by atoms with Crippen LogP contribution in [0.25, 0.3) is 0 Å². The van der Waals surface area contributed by atoms with Gasteiger partial charge in [-0.2, -0.15) is 0 Å². The summed E-state index contributed by atoms with van der Waals surface area (Å²) < 4.78 is 0. The second-order valence-corrected chi connectivity index (χ2v) is 5.32. The normalized spacial score (nSPS) is 14.8. The summed E-state index contributed by atoms with van der Waals surface area (Å²) in [6, 6.07) is 6.25. The van der Waals surface area contributed by atoms with Crippen molar-refractivity contribution in [2.24, 2.45) is 0 Å². The highest BCUT2D eigenvalue weighted by Crippen LogP contribution is 2.32. The monoisotopic (exact) mass is 300 g/mol. The van der Waals surface area contributed by atoms with E-state index in [-0.39, 0.29) is 5.91 Å². The highest BCUT2D eigenvalue weighted by molar-refractivity contribution is 9.09. The molecule has 0 unspecified atom stereocenters. The number of alkyl halides is 1. The molecule has 1 N–H and O–H groups in total. The first kappa shape index (κ1) is 12.0. The predicted octanol–water partition coefficient (Wildman–Crippen LogP) is 2.51. The summed E-state index contributed by atoms with van der Waals surface area (Å²) in [4.78, 5) is 14.6. The lowest BCUT2D eigenvalue weighted by Gasteiger charge is -2.19. The van der Waals surface area contributed by atoms with Gasteiger partial charge in [-0.15, -0.1) is 11.8 Å². The number of nitrogens with one attached hydrogen (secondary N) is 1. The third-order valence-electron chi connectivity index (χ3n) is 2.33. The van der Waals surface area contributed by atoms with Crippen molar-refractivity contribution in [3.8, 4) is 0 Å². The standard InChI is InChI=1S/C11H13BrN2OS/c1-14(7-12)5-8-2-3-10-9(4-8)13-11(15)6-16-10/h2-4H,5-7H2,1H3,(H,13,15). The molecule has 0 saturated heterocycles. The average molecular weight is 301 g/mol.